The van der Waals surface area contributed by atoms with Crippen molar-refractivity contribution in [1.82, 2.24) is 35.0 Å². The van der Waals surface area contributed by atoms with E-state index in [1.54, 1.807) is 18.2 Å². The molecular weight excluding hydrogens is 474 g/mol. The molecular formula is C17H10Cl2F3N9O. The second-order valence-corrected chi connectivity index (χ2v) is 6.99. The Kier molecular flexibility index (Phi) is 5.44. The van der Waals surface area contributed by atoms with Crippen LogP contribution in [0, 0.1) is 0 Å². The molecule has 3 aromatic heterocycles. The quantitative estimate of drug-likeness (QED) is 0.444. The number of alkyl halides is 3. The van der Waals surface area contributed by atoms with E-state index in [1.165, 1.54) is 18.3 Å². The van der Waals surface area contributed by atoms with Crippen molar-refractivity contribution in [2.75, 3.05) is 5.32 Å². The molecule has 3 heterocycles. The topological polar surface area (TPSA) is 129 Å². The lowest BCUT2D eigenvalue weighted by atomic mass is 10.3. The van der Waals surface area contributed by atoms with Crippen molar-refractivity contribution in [2.45, 2.75) is 6.18 Å². The van der Waals surface area contributed by atoms with E-state index >= 15 is 0 Å². The summed E-state index contributed by atoms with van der Waals surface area (Å²) in [7, 11) is 0. The maximum Gasteiger partial charge on any atom is 0.435 e. The highest BCUT2D eigenvalue weighted by Gasteiger charge is 2.36. The summed E-state index contributed by atoms with van der Waals surface area (Å²) in [6.07, 6.45) is -2.86. The number of nitrogens with two attached hydrogens (primary N) is 1. The fourth-order valence-corrected chi connectivity index (χ4v) is 3.20. The van der Waals surface area contributed by atoms with Gasteiger partial charge in [0.15, 0.2) is 23.0 Å². The average molecular weight is 484 g/mol. The van der Waals surface area contributed by atoms with Gasteiger partial charge >= 0.3 is 6.18 Å². The molecule has 0 fully saturated rings. The molecule has 0 radical (unpaired) electrons. The molecule has 10 nitrogen and oxygen atoms in total. The van der Waals surface area contributed by atoms with Crippen molar-refractivity contribution in [3.05, 3.63) is 64.2 Å². The summed E-state index contributed by atoms with van der Waals surface area (Å²) in [6, 6.07) is 7.41. The van der Waals surface area contributed by atoms with Crippen molar-refractivity contribution in [3.8, 4) is 11.5 Å². The van der Waals surface area contributed by atoms with Crippen LogP contribution in [-0.4, -0.2) is 40.9 Å². The number of nitrogens with zero attached hydrogens (tertiary/aromatic N) is 7. The summed E-state index contributed by atoms with van der Waals surface area (Å²) in [5, 5.41) is 18.1. The van der Waals surface area contributed by atoms with Gasteiger partial charge in [-0.3, -0.25) is 4.79 Å². The van der Waals surface area contributed by atoms with Gasteiger partial charge in [-0.2, -0.15) is 17.9 Å². The number of amides is 1. The van der Waals surface area contributed by atoms with Crippen LogP contribution in [0.4, 0.5) is 24.7 Å². The Morgan fingerprint density at radius 2 is 1.78 bits per heavy atom. The molecule has 0 aliphatic carbocycles. The van der Waals surface area contributed by atoms with Gasteiger partial charge in [0.05, 0.1) is 28.1 Å². The lowest BCUT2D eigenvalue weighted by Gasteiger charge is -2.09. The molecule has 0 aliphatic heterocycles. The molecule has 0 unspecified atom stereocenters. The maximum absolute atomic E-state index is 13.0. The lowest BCUT2D eigenvalue weighted by Crippen LogP contribution is -2.14. The minimum Gasteiger partial charge on any atom is -0.364 e. The molecule has 0 saturated carbocycles. The number of rotatable bonds is 5. The Bertz CT molecular complexity index is 1280. The van der Waals surface area contributed by atoms with E-state index in [9.17, 15) is 18.0 Å². The summed E-state index contributed by atoms with van der Waals surface area (Å²) in [5.41, 5.74) is 4.58. The van der Waals surface area contributed by atoms with Crippen LogP contribution in [0.1, 0.15) is 16.2 Å². The highest BCUT2D eigenvalue weighted by molar-refractivity contribution is 6.37. The van der Waals surface area contributed by atoms with Gasteiger partial charge in [-0.1, -0.05) is 34.5 Å². The maximum atomic E-state index is 13.0. The van der Waals surface area contributed by atoms with Crippen LogP contribution in [-0.2, 0) is 6.18 Å². The number of benzene rings is 1. The van der Waals surface area contributed by atoms with Crippen molar-refractivity contribution in [3.63, 3.8) is 0 Å². The molecule has 3 N–H and O–H groups in total. The van der Waals surface area contributed by atoms with Gasteiger partial charge in [0.1, 0.15) is 5.69 Å². The van der Waals surface area contributed by atoms with Gasteiger partial charge in [-0.15, -0.1) is 20.1 Å². The first-order valence-electron chi connectivity index (χ1n) is 8.58. The number of aromatic nitrogens is 7. The monoisotopic (exact) mass is 483 g/mol. The minimum absolute atomic E-state index is 0.0419. The smallest absolute Gasteiger partial charge is 0.364 e. The van der Waals surface area contributed by atoms with E-state index in [1.807, 2.05) is 0 Å². The Balaban J connectivity index is 1.66. The van der Waals surface area contributed by atoms with Gasteiger partial charge in [-0.25, -0.2) is 4.98 Å². The summed E-state index contributed by atoms with van der Waals surface area (Å²) in [4.78, 5) is 16.8. The molecule has 0 bridgehead atoms. The third kappa shape index (κ3) is 4.07. The summed E-state index contributed by atoms with van der Waals surface area (Å²) in [5.74, 6) is -1.05. The molecule has 0 saturated heterocycles. The van der Waals surface area contributed by atoms with E-state index in [0.29, 0.717) is 10.9 Å². The van der Waals surface area contributed by atoms with E-state index < -0.39 is 17.8 Å². The zero-order valence-electron chi connectivity index (χ0n) is 15.5. The van der Waals surface area contributed by atoms with Gasteiger partial charge in [0.2, 0.25) is 0 Å². The molecule has 164 valence electrons. The Morgan fingerprint density at radius 1 is 1.06 bits per heavy atom. The zero-order valence-corrected chi connectivity index (χ0v) is 17.1. The van der Waals surface area contributed by atoms with Crippen LogP contribution in [0.2, 0.25) is 10.0 Å². The highest BCUT2D eigenvalue weighted by Crippen LogP contribution is 2.30. The van der Waals surface area contributed by atoms with Gasteiger partial charge in [0, 0.05) is 0 Å². The number of primary amides is 1. The summed E-state index contributed by atoms with van der Waals surface area (Å²) in [6.45, 7) is 0. The third-order valence-corrected chi connectivity index (χ3v) is 4.66. The first kappa shape index (κ1) is 21.5. The largest absolute Gasteiger partial charge is 0.435 e. The van der Waals surface area contributed by atoms with Crippen LogP contribution in [0.5, 0.6) is 0 Å². The van der Waals surface area contributed by atoms with Gasteiger partial charge in [-0.05, 0) is 24.3 Å². The molecule has 0 spiro atoms. The standard InChI is InChI=1S/C17H10Cl2F3N9O/c18-9-2-1-3-10(19)14(9)31-27-13(15(23)32)16(28-31)26-8-4-5-12(24-6-8)30-11(7-25-29-30)17(20,21)22/h1-7H,(H2,23,32)(H,26,28). The lowest BCUT2D eigenvalue weighted by molar-refractivity contribution is -0.142. The molecule has 4 rings (SSSR count). The molecule has 0 aliphatic rings. The van der Waals surface area contributed by atoms with Crippen molar-refractivity contribution in [2.24, 2.45) is 5.73 Å². The zero-order chi connectivity index (χ0) is 23.0. The fourth-order valence-electron chi connectivity index (χ4n) is 2.66. The molecule has 15 heteroatoms. The molecule has 4 aromatic rings. The highest BCUT2D eigenvalue weighted by atomic mass is 35.5. The van der Waals surface area contributed by atoms with E-state index in [-0.39, 0.29) is 38.7 Å². The van der Waals surface area contributed by atoms with Gasteiger partial charge in [0.25, 0.3) is 5.91 Å². The predicted molar refractivity (Wildman–Crippen MR) is 107 cm³/mol. The number of carbonyl (C=O) groups is 1. The van der Waals surface area contributed by atoms with Crippen LogP contribution < -0.4 is 11.1 Å². The molecule has 1 aromatic carbocycles. The van der Waals surface area contributed by atoms with Crippen LogP contribution >= 0.6 is 23.2 Å². The number of anilines is 2. The average Bonchev–Trinajstić information content (AvgIpc) is 3.36. The van der Waals surface area contributed by atoms with Crippen molar-refractivity contribution >= 4 is 40.6 Å². The molecule has 0 atom stereocenters. The van der Waals surface area contributed by atoms with E-state index in [2.05, 4.69) is 30.8 Å². The SMILES string of the molecule is NC(=O)c1nn(-c2c(Cl)cccc2Cl)nc1Nc1ccc(-n2nncc2C(F)(F)F)nc1. The van der Waals surface area contributed by atoms with Crippen molar-refractivity contribution in [1.29, 1.82) is 0 Å². The number of para-hydroxylation sites is 1. The van der Waals surface area contributed by atoms with Crippen LogP contribution in [0.3, 0.4) is 0 Å². The van der Waals surface area contributed by atoms with E-state index in [0.717, 1.165) is 4.80 Å². The Labute approximate surface area is 186 Å². The van der Waals surface area contributed by atoms with E-state index in [4.69, 9.17) is 28.9 Å². The number of halogens is 5. The van der Waals surface area contributed by atoms with Gasteiger partial charge < -0.3 is 11.1 Å². The Hall–Kier alpha value is -3.71. The first-order chi connectivity index (χ1) is 15.1. The first-order valence-corrected chi connectivity index (χ1v) is 9.33. The second-order valence-electron chi connectivity index (χ2n) is 6.18. The predicted octanol–water partition coefficient (Wildman–Crippen LogP) is 3.41. The molecule has 32 heavy (non-hydrogen) atoms. The minimum atomic E-state index is -4.66. The number of carbonyl (C=O) groups excluding carboxylic acids is 1. The number of nitrogens with one attached hydrogen (secondary N) is 1. The number of hydrogen-bond donors (Lipinski definition) is 2. The number of pyridine rings is 1. The van der Waals surface area contributed by atoms with Crippen molar-refractivity contribution < 1.29 is 18.0 Å². The summed E-state index contributed by atoms with van der Waals surface area (Å²) >= 11 is 12.3. The van der Waals surface area contributed by atoms with Crippen LogP contribution in [0.15, 0.2) is 42.7 Å². The second kappa shape index (κ2) is 8.09. The molecule has 1 amide bonds. The third-order valence-electron chi connectivity index (χ3n) is 4.05. The summed E-state index contributed by atoms with van der Waals surface area (Å²) < 4.78 is 39.6. The Morgan fingerprint density at radius 3 is 2.38 bits per heavy atom. The fraction of sp³-hybridized carbons (Fsp3) is 0.0588. The normalized spacial score (nSPS) is 11.5. The number of hydrogen-bond acceptors (Lipinski definition) is 7. The van der Waals surface area contributed by atoms with Crippen LogP contribution in [0.25, 0.3) is 11.5 Å².